The Morgan fingerprint density at radius 2 is 1.78 bits per heavy atom. The van der Waals surface area contributed by atoms with Crippen molar-refractivity contribution in [3.8, 4) is 5.75 Å². The number of sulfonamides is 1. The molecule has 4 rings (SSSR count). The molecule has 2 aliphatic heterocycles. The molecule has 0 aromatic heterocycles. The molecular formula is C22H24FN3O5S. The number of carbonyl (C=O) groups is 2. The van der Waals surface area contributed by atoms with Gasteiger partial charge in [0.15, 0.2) is 6.10 Å². The quantitative estimate of drug-likeness (QED) is 0.757. The summed E-state index contributed by atoms with van der Waals surface area (Å²) >= 11 is 0. The van der Waals surface area contributed by atoms with Crippen LogP contribution in [0.4, 0.5) is 10.1 Å². The first-order valence-corrected chi connectivity index (χ1v) is 11.7. The second kappa shape index (κ2) is 8.18. The number of amides is 2. The molecule has 1 atom stereocenters. The minimum absolute atomic E-state index is 0.0972. The van der Waals surface area contributed by atoms with E-state index in [1.165, 1.54) is 21.3 Å². The van der Waals surface area contributed by atoms with Crippen molar-refractivity contribution in [2.24, 2.45) is 0 Å². The fraction of sp³-hybridized carbons (Fsp3) is 0.364. The first-order chi connectivity index (χ1) is 15.1. The van der Waals surface area contributed by atoms with E-state index in [-0.39, 0.29) is 48.5 Å². The lowest BCUT2D eigenvalue weighted by molar-refractivity contribution is -0.122. The zero-order valence-corrected chi connectivity index (χ0v) is 18.8. The van der Waals surface area contributed by atoms with Gasteiger partial charge in [-0.05, 0) is 50.1 Å². The average molecular weight is 462 g/mol. The molecule has 2 aromatic rings. The Morgan fingerprint density at radius 1 is 1.09 bits per heavy atom. The lowest BCUT2D eigenvalue weighted by Gasteiger charge is -2.34. The summed E-state index contributed by atoms with van der Waals surface area (Å²) < 4.78 is 47.3. The van der Waals surface area contributed by atoms with Crippen LogP contribution >= 0.6 is 0 Å². The molecule has 0 radical (unpaired) electrons. The summed E-state index contributed by atoms with van der Waals surface area (Å²) in [5, 5.41) is 2.71. The number of rotatable bonds is 3. The van der Waals surface area contributed by atoms with E-state index in [0.717, 1.165) is 0 Å². The maximum Gasteiger partial charge on any atom is 0.265 e. The summed E-state index contributed by atoms with van der Waals surface area (Å²) in [6.07, 6.45) is -0.720. The zero-order chi connectivity index (χ0) is 23.2. The van der Waals surface area contributed by atoms with E-state index in [0.29, 0.717) is 22.6 Å². The topological polar surface area (TPSA) is 96.0 Å². The minimum Gasteiger partial charge on any atom is -0.479 e. The number of aryl methyl sites for hydroxylation is 2. The van der Waals surface area contributed by atoms with Crippen molar-refractivity contribution in [3.05, 3.63) is 52.8 Å². The van der Waals surface area contributed by atoms with Crippen molar-refractivity contribution >= 4 is 27.5 Å². The van der Waals surface area contributed by atoms with E-state index < -0.39 is 21.9 Å². The van der Waals surface area contributed by atoms with E-state index in [2.05, 4.69) is 5.32 Å². The highest BCUT2D eigenvalue weighted by Gasteiger charge is 2.33. The van der Waals surface area contributed by atoms with Crippen LogP contribution in [-0.4, -0.2) is 61.7 Å². The molecule has 2 aliphatic rings. The molecule has 0 bridgehead atoms. The van der Waals surface area contributed by atoms with Crippen LogP contribution in [0, 0.1) is 19.7 Å². The van der Waals surface area contributed by atoms with Gasteiger partial charge in [-0.1, -0.05) is 6.07 Å². The van der Waals surface area contributed by atoms with Crippen LogP contribution in [0.2, 0.25) is 0 Å². The van der Waals surface area contributed by atoms with Crippen LogP contribution in [0.15, 0.2) is 35.2 Å². The second-order valence-electron chi connectivity index (χ2n) is 8.02. The van der Waals surface area contributed by atoms with Gasteiger partial charge in [0, 0.05) is 37.8 Å². The summed E-state index contributed by atoms with van der Waals surface area (Å²) in [6.45, 7) is 5.49. The van der Waals surface area contributed by atoms with Crippen LogP contribution in [0.25, 0.3) is 0 Å². The van der Waals surface area contributed by atoms with Gasteiger partial charge in [0.05, 0.1) is 10.6 Å². The van der Waals surface area contributed by atoms with Crippen LogP contribution in [-0.2, 0) is 14.8 Å². The molecule has 2 aromatic carbocycles. The average Bonchev–Trinajstić information content (AvgIpc) is 2.76. The van der Waals surface area contributed by atoms with Crippen molar-refractivity contribution in [3.63, 3.8) is 0 Å². The minimum atomic E-state index is -3.84. The number of benzene rings is 2. The van der Waals surface area contributed by atoms with E-state index in [1.807, 2.05) is 0 Å². The highest BCUT2D eigenvalue weighted by atomic mass is 32.2. The molecule has 10 heteroatoms. The summed E-state index contributed by atoms with van der Waals surface area (Å²) in [4.78, 5) is 26.1. The number of carbonyl (C=O) groups excluding carboxylic acids is 2. The highest BCUT2D eigenvalue weighted by molar-refractivity contribution is 7.89. The summed E-state index contributed by atoms with van der Waals surface area (Å²) in [5.41, 5.74) is 1.61. The van der Waals surface area contributed by atoms with E-state index >= 15 is 0 Å². The third kappa shape index (κ3) is 3.95. The molecule has 8 nitrogen and oxygen atoms in total. The molecule has 0 aliphatic carbocycles. The zero-order valence-electron chi connectivity index (χ0n) is 18.0. The maximum absolute atomic E-state index is 13.8. The Bertz CT molecular complexity index is 1210. The van der Waals surface area contributed by atoms with Crippen molar-refractivity contribution in [2.75, 3.05) is 31.5 Å². The number of anilines is 1. The number of piperazine rings is 1. The van der Waals surface area contributed by atoms with Gasteiger partial charge in [-0.2, -0.15) is 4.31 Å². The summed E-state index contributed by atoms with van der Waals surface area (Å²) in [7, 11) is -3.84. The number of ether oxygens (including phenoxy) is 1. The van der Waals surface area contributed by atoms with Gasteiger partial charge in [0.2, 0.25) is 10.0 Å². The van der Waals surface area contributed by atoms with Crippen LogP contribution in [0.1, 0.15) is 28.4 Å². The van der Waals surface area contributed by atoms with Crippen molar-refractivity contribution in [1.82, 2.24) is 9.21 Å². The SMILES string of the molecule is Cc1ccc(C(=O)N2CCN(S(=O)(=O)c3cc4c(cc3C)NC(=O)C(C)O4)CC2)cc1F. The Morgan fingerprint density at radius 3 is 2.44 bits per heavy atom. The molecule has 1 fully saturated rings. The number of hydrogen-bond donors (Lipinski definition) is 1. The van der Waals surface area contributed by atoms with E-state index in [9.17, 15) is 22.4 Å². The summed E-state index contributed by atoms with van der Waals surface area (Å²) in [6, 6.07) is 7.34. The third-order valence-corrected chi connectivity index (χ3v) is 7.81. The molecule has 1 saturated heterocycles. The monoisotopic (exact) mass is 461 g/mol. The van der Waals surface area contributed by atoms with E-state index in [4.69, 9.17) is 4.74 Å². The highest BCUT2D eigenvalue weighted by Crippen LogP contribution is 2.35. The molecule has 32 heavy (non-hydrogen) atoms. The lowest BCUT2D eigenvalue weighted by Crippen LogP contribution is -2.50. The Balaban J connectivity index is 1.51. The normalized spacial score (nSPS) is 19.2. The molecule has 1 unspecified atom stereocenters. The number of fused-ring (bicyclic) bond motifs is 1. The second-order valence-corrected chi connectivity index (χ2v) is 9.93. The van der Waals surface area contributed by atoms with Crippen molar-refractivity contribution in [2.45, 2.75) is 31.8 Å². The molecule has 0 saturated carbocycles. The Labute approximate surface area is 186 Å². The molecule has 170 valence electrons. The van der Waals surface area contributed by atoms with Gasteiger partial charge in [0.25, 0.3) is 11.8 Å². The lowest BCUT2D eigenvalue weighted by atomic mass is 10.1. The van der Waals surface area contributed by atoms with Crippen molar-refractivity contribution in [1.29, 1.82) is 0 Å². The number of hydrogen-bond acceptors (Lipinski definition) is 5. The Hall–Kier alpha value is -2.98. The van der Waals surface area contributed by atoms with Gasteiger partial charge in [-0.15, -0.1) is 0 Å². The molecular weight excluding hydrogens is 437 g/mol. The third-order valence-electron chi connectivity index (χ3n) is 5.77. The molecule has 2 heterocycles. The standard InChI is InChI=1S/C22H24FN3O5S/c1-13-4-5-16(11-17(13)23)22(28)25-6-8-26(9-7-25)32(29,30)20-12-19-18(10-14(20)2)24-21(27)15(3)31-19/h4-5,10-12,15H,6-9H2,1-3H3,(H,24,27). The van der Waals surface area contributed by atoms with Gasteiger partial charge in [0.1, 0.15) is 11.6 Å². The van der Waals surface area contributed by atoms with Gasteiger partial charge in [-0.25, -0.2) is 12.8 Å². The van der Waals surface area contributed by atoms with Crippen LogP contribution in [0.5, 0.6) is 5.75 Å². The first-order valence-electron chi connectivity index (χ1n) is 10.3. The molecule has 0 spiro atoms. The fourth-order valence-corrected chi connectivity index (χ4v) is 5.44. The van der Waals surface area contributed by atoms with Crippen molar-refractivity contribution < 1.29 is 27.1 Å². The fourth-order valence-electron chi connectivity index (χ4n) is 3.80. The van der Waals surface area contributed by atoms with Crippen LogP contribution in [0.3, 0.4) is 0 Å². The van der Waals surface area contributed by atoms with E-state index in [1.54, 1.807) is 39.0 Å². The Kier molecular flexibility index (Phi) is 5.68. The summed E-state index contributed by atoms with van der Waals surface area (Å²) in [5.74, 6) is -0.769. The maximum atomic E-state index is 13.8. The number of nitrogens with one attached hydrogen (secondary N) is 1. The van der Waals surface area contributed by atoms with Gasteiger partial charge in [-0.3, -0.25) is 9.59 Å². The smallest absolute Gasteiger partial charge is 0.265 e. The number of halogens is 1. The predicted molar refractivity (Wildman–Crippen MR) is 116 cm³/mol. The van der Waals surface area contributed by atoms with Crippen LogP contribution < -0.4 is 10.1 Å². The predicted octanol–water partition coefficient (Wildman–Crippen LogP) is 2.31. The number of nitrogens with zero attached hydrogens (tertiary/aromatic N) is 2. The first kappa shape index (κ1) is 22.2. The van der Waals surface area contributed by atoms with Gasteiger partial charge < -0.3 is 15.0 Å². The molecule has 1 N–H and O–H groups in total. The van der Waals surface area contributed by atoms with Gasteiger partial charge >= 0.3 is 0 Å². The largest absolute Gasteiger partial charge is 0.479 e. The molecule has 2 amide bonds.